The van der Waals surface area contributed by atoms with Crippen molar-refractivity contribution in [2.24, 2.45) is 0 Å². The zero-order valence-electron chi connectivity index (χ0n) is 7.35. The van der Waals surface area contributed by atoms with E-state index in [1.54, 1.807) is 0 Å². The van der Waals surface area contributed by atoms with Gasteiger partial charge in [-0.1, -0.05) is 11.3 Å². The van der Waals surface area contributed by atoms with E-state index in [1.165, 1.54) is 19.2 Å². The van der Waals surface area contributed by atoms with Gasteiger partial charge in [-0.15, -0.1) is 0 Å². The molecule has 0 saturated heterocycles. The molecule has 0 aliphatic rings. The number of carboxylic acid groups (broad SMARTS) is 1. The molecule has 0 amide bonds. The molecule has 0 bridgehead atoms. The first-order valence-electron chi connectivity index (χ1n) is 3.66. The van der Waals surface area contributed by atoms with Gasteiger partial charge < -0.3 is 14.6 Å². The lowest BCUT2D eigenvalue weighted by Crippen LogP contribution is -2.08. The molecule has 1 aromatic rings. The number of esters is 1. The van der Waals surface area contributed by atoms with Gasteiger partial charge in [0.2, 0.25) is 0 Å². The van der Waals surface area contributed by atoms with Crippen molar-refractivity contribution in [1.29, 1.82) is 0 Å². The quantitative estimate of drug-likeness (QED) is 0.760. The first-order valence-corrected chi connectivity index (χ1v) is 4.48. The molecular formula is C8H8O5S. The van der Waals surface area contributed by atoms with Crippen molar-refractivity contribution in [1.82, 2.24) is 0 Å². The van der Waals surface area contributed by atoms with Gasteiger partial charge in [0, 0.05) is 0 Å². The number of carbonyl (C=O) groups excluding carboxylic acids is 1. The highest BCUT2D eigenvalue weighted by molar-refractivity contribution is 7.15. The number of carboxylic acids is 1. The number of hydrogen-bond acceptors (Lipinski definition) is 5. The fourth-order valence-electron chi connectivity index (χ4n) is 0.741. The van der Waals surface area contributed by atoms with Crippen LogP contribution in [-0.4, -0.2) is 30.8 Å². The molecule has 0 aromatic carbocycles. The Morgan fingerprint density at radius 1 is 1.50 bits per heavy atom. The van der Waals surface area contributed by atoms with E-state index < -0.39 is 18.5 Å². The van der Waals surface area contributed by atoms with Crippen LogP contribution in [0.5, 0.6) is 5.06 Å². The fourth-order valence-corrected chi connectivity index (χ4v) is 1.51. The Morgan fingerprint density at radius 3 is 2.79 bits per heavy atom. The van der Waals surface area contributed by atoms with Crippen LogP contribution < -0.4 is 4.74 Å². The zero-order valence-corrected chi connectivity index (χ0v) is 8.17. The largest absolute Gasteiger partial charge is 0.479 e. The van der Waals surface area contributed by atoms with Crippen molar-refractivity contribution >= 4 is 23.3 Å². The highest BCUT2D eigenvalue weighted by Gasteiger charge is 2.10. The van der Waals surface area contributed by atoms with E-state index in [0.29, 0.717) is 9.94 Å². The normalized spacial score (nSPS) is 9.50. The molecule has 1 rings (SSSR count). The number of ether oxygens (including phenoxy) is 2. The van der Waals surface area contributed by atoms with Crippen molar-refractivity contribution in [3.8, 4) is 5.06 Å². The van der Waals surface area contributed by atoms with Gasteiger partial charge in [0.1, 0.15) is 4.88 Å². The van der Waals surface area contributed by atoms with Crippen LogP contribution in [0.2, 0.25) is 0 Å². The van der Waals surface area contributed by atoms with Gasteiger partial charge in [-0.25, -0.2) is 9.59 Å². The van der Waals surface area contributed by atoms with E-state index >= 15 is 0 Å². The summed E-state index contributed by atoms with van der Waals surface area (Å²) in [5, 5.41) is 8.71. The van der Waals surface area contributed by atoms with Crippen LogP contribution in [0.15, 0.2) is 12.1 Å². The molecule has 0 spiro atoms. The highest BCUT2D eigenvalue weighted by Crippen LogP contribution is 2.24. The maximum Gasteiger partial charge on any atom is 0.348 e. The van der Waals surface area contributed by atoms with Crippen LogP contribution in [0, 0.1) is 0 Å². The molecule has 0 fully saturated rings. The molecule has 0 aliphatic carbocycles. The van der Waals surface area contributed by atoms with Crippen molar-refractivity contribution in [3.05, 3.63) is 17.0 Å². The van der Waals surface area contributed by atoms with Gasteiger partial charge in [-0.3, -0.25) is 0 Å². The van der Waals surface area contributed by atoms with Crippen LogP contribution in [0.25, 0.3) is 0 Å². The highest BCUT2D eigenvalue weighted by atomic mass is 32.1. The Bertz CT molecular complexity index is 343. The lowest BCUT2D eigenvalue weighted by atomic mass is 10.5. The first-order chi connectivity index (χ1) is 6.63. The van der Waals surface area contributed by atoms with Crippen molar-refractivity contribution in [2.75, 3.05) is 13.7 Å². The SMILES string of the molecule is COC(=O)c1ccc(OCC(=O)O)s1. The molecule has 6 heteroatoms. The van der Waals surface area contributed by atoms with Crippen LogP contribution in [-0.2, 0) is 9.53 Å². The standard InChI is InChI=1S/C8H8O5S/c1-12-8(11)5-2-3-7(14-5)13-4-6(9)10/h2-3H,4H2,1H3,(H,9,10). The second kappa shape index (κ2) is 4.61. The molecular weight excluding hydrogens is 208 g/mol. The summed E-state index contributed by atoms with van der Waals surface area (Å²) in [5.41, 5.74) is 0. The van der Waals surface area contributed by atoms with E-state index in [2.05, 4.69) is 4.74 Å². The number of rotatable bonds is 4. The molecule has 0 atom stereocenters. The third kappa shape index (κ3) is 2.74. The summed E-state index contributed by atoms with van der Waals surface area (Å²) in [6.07, 6.45) is 0. The van der Waals surface area contributed by atoms with Gasteiger partial charge in [-0.05, 0) is 12.1 Å². The maximum absolute atomic E-state index is 11.0. The molecule has 1 N–H and O–H groups in total. The monoisotopic (exact) mass is 216 g/mol. The fraction of sp³-hybridized carbons (Fsp3) is 0.250. The number of carbonyl (C=O) groups is 2. The minimum absolute atomic E-state index is 0.382. The topological polar surface area (TPSA) is 72.8 Å². The second-order valence-corrected chi connectivity index (χ2v) is 3.34. The summed E-state index contributed by atoms with van der Waals surface area (Å²) in [4.78, 5) is 21.5. The van der Waals surface area contributed by atoms with Crippen molar-refractivity contribution in [2.45, 2.75) is 0 Å². The van der Waals surface area contributed by atoms with E-state index in [1.807, 2.05) is 0 Å². The summed E-state index contributed by atoms with van der Waals surface area (Å²) in [5.74, 6) is -1.52. The lowest BCUT2D eigenvalue weighted by molar-refractivity contribution is -0.139. The summed E-state index contributed by atoms with van der Waals surface area (Å²) >= 11 is 1.05. The van der Waals surface area contributed by atoms with Gasteiger partial charge in [0.15, 0.2) is 11.7 Å². The summed E-state index contributed by atoms with van der Waals surface area (Å²) < 4.78 is 9.33. The Balaban J connectivity index is 2.59. The average molecular weight is 216 g/mol. The van der Waals surface area contributed by atoms with Gasteiger partial charge >= 0.3 is 11.9 Å². The van der Waals surface area contributed by atoms with E-state index in [0.717, 1.165) is 11.3 Å². The van der Waals surface area contributed by atoms with Gasteiger partial charge in [0.05, 0.1) is 7.11 Å². The smallest absolute Gasteiger partial charge is 0.348 e. The Kier molecular flexibility index (Phi) is 3.47. The predicted octanol–water partition coefficient (Wildman–Crippen LogP) is 0.998. The molecule has 1 heterocycles. The molecule has 0 aliphatic heterocycles. The molecule has 0 radical (unpaired) electrons. The zero-order chi connectivity index (χ0) is 10.6. The average Bonchev–Trinajstić information content (AvgIpc) is 2.62. The van der Waals surface area contributed by atoms with Crippen LogP contribution >= 0.6 is 11.3 Å². The summed E-state index contributed by atoms with van der Waals surface area (Å²) in [6, 6.07) is 3.05. The van der Waals surface area contributed by atoms with Crippen LogP contribution in [0.4, 0.5) is 0 Å². The molecule has 14 heavy (non-hydrogen) atoms. The van der Waals surface area contributed by atoms with E-state index in [9.17, 15) is 9.59 Å². The van der Waals surface area contributed by atoms with Crippen molar-refractivity contribution < 1.29 is 24.2 Å². The molecule has 76 valence electrons. The van der Waals surface area contributed by atoms with Crippen LogP contribution in [0.1, 0.15) is 9.67 Å². The minimum Gasteiger partial charge on any atom is -0.479 e. The number of methoxy groups -OCH3 is 1. The molecule has 0 unspecified atom stereocenters. The van der Waals surface area contributed by atoms with E-state index in [4.69, 9.17) is 9.84 Å². The summed E-state index contributed by atoms with van der Waals surface area (Å²) in [7, 11) is 1.28. The number of thiophene rings is 1. The Morgan fingerprint density at radius 2 is 2.21 bits per heavy atom. The summed E-state index contributed by atoms with van der Waals surface area (Å²) in [6.45, 7) is -0.416. The predicted molar refractivity (Wildman–Crippen MR) is 48.8 cm³/mol. The van der Waals surface area contributed by atoms with Crippen LogP contribution in [0.3, 0.4) is 0 Å². The third-order valence-corrected chi connectivity index (χ3v) is 2.28. The van der Waals surface area contributed by atoms with E-state index in [-0.39, 0.29) is 0 Å². The number of hydrogen-bond donors (Lipinski definition) is 1. The molecule has 1 aromatic heterocycles. The second-order valence-electron chi connectivity index (χ2n) is 2.29. The third-order valence-electron chi connectivity index (χ3n) is 1.31. The van der Waals surface area contributed by atoms with Crippen molar-refractivity contribution in [3.63, 3.8) is 0 Å². The van der Waals surface area contributed by atoms with Gasteiger partial charge in [0.25, 0.3) is 0 Å². The maximum atomic E-state index is 11.0. The number of aliphatic carboxylic acids is 1. The first kappa shape index (κ1) is 10.5. The minimum atomic E-state index is -1.06. The molecule has 5 nitrogen and oxygen atoms in total. The Labute approximate surface area is 83.9 Å². The Hall–Kier alpha value is -1.56. The molecule has 0 saturated carbocycles. The lowest BCUT2D eigenvalue weighted by Gasteiger charge is -1.97. The van der Waals surface area contributed by atoms with Gasteiger partial charge in [-0.2, -0.15) is 0 Å².